The maximum absolute atomic E-state index is 11.3. The molecule has 1 heterocycles. The maximum Gasteiger partial charge on any atom is 0.229 e. The minimum atomic E-state index is -3.30. The van der Waals surface area contributed by atoms with E-state index in [1.807, 2.05) is 6.07 Å². The second-order valence-electron chi connectivity index (χ2n) is 4.12. The molecule has 0 aliphatic heterocycles. The van der Waals surface area contributed by atoms with E-state index >= 15 is 0 Å². The van der Waals surface area contributed by atoms with Crippen molar-refractivity contribution in [2.45, 2.75) is 6.54 Å². The number of nitrogens with zero attached hydrogens (tertiary/aromatic N) is 3. The first-order valence-electron chi connectivity index (χ1n) is 5.60. The predicted molar refractivity (Wildman–Crippen MR) is 73.2 cm³/mol. The Morgan fingerprint density at radius 1 is 1.26 bits per heavy atom. The van der Waals surface area contributed by atoms with E-state index in [2.05, 4.69) is 20.4 Å². The van der Waals surface area contributed by atoms with E-state index in [9.17, 15) is 8.42 Å². The number of hydrogen-bond acceptors (Lipinski definition) is 5. The van der Waals surface area contributed by atoms with Crippen LogP contribution in [0.1, 0.15) is 5.69 Å². The summed E-state index contributed by atoms with van der Waals surface area (Å²) in [6.45, 7) is 0.506. The molecule has 0 atom stereocenters. The average Bonchev–Trinajstić information content (AvgIpc) is 2.72. The maximum atomic E-state index is 11.3. The Morgan fingerprint density at radius 2 is 1.95 bits per heavy atom. The molecule has 1 aromatic carbocycles. The van der Waals surface area contributed by atoms with Crippen LogP contribution in [-0.2, 0) is 23.6 Å². The van der Waals surface area contributed by atoms with Gasteiger partial charge in [0.15, 0.2) is 0 Å². The van der Waals surface area contributed by atoms with E-state index in [4.69, 9.17) is 0 Å². The van der Waals surface area contributed by atoms with E-state index in [-0.39, 0.29) is 0 Å². The Morgan fingerprint density at radius 3 is 2.53 bits per heavy atom. The third kappa shape index (κ3) is 3.68. The Bertz CT molecular complexity index is 665. The molecule has 2 aromatic rings. The number of anilines is 2. The molecule has 0 aliphatic carbocycles. The standard InChI is InChI=1S/C11H15N5O2S/c1-16-9(8-13-15-16)7-12-10-5-3-4-6-11(10)14-19(2,17)18/h3-6,8,12,14H,7H2,1-2H3. The van der Waals surface area contributed by atoms with E-state index in [0.29, 0.717) is 17.9 Å². The highest BCUT2D eigenvalue weighted by atomic mass is 32.2. The molecular weight excluding hydrogens is 266 g/mol. The van der Waals surface area contributed by atoms with Gasteiger partial charge in [-0.3, -0.25) is 9.40 Å². The van der Waals surface area contributed by atoms with Crippen LogP contribution in [0.5, 0.6) is 0 Å². The third-order valence-corrected chi connectivity index (χ3v) is 3.08. The zero-order valence-corrected chi connectivity index (χ0v) is 11.5. The minimum absolute atomic E-state index is 0.506. The van der Waals surface area contributed by atoms with Crippen molar-refractivity contribution < 1.29 is 8.42 Å². The predicted octanol–water partition coefficient (Wildman–Crippen LogP) is 0.799. The van der Waals surface area contributed by atoms with Crippen LogP contribution < -0.4 is 10.0 Å². The summed E-state index contributed by atoms with van der Waals surface area (Å²) >= 11 is 0. The van der Waals surface area contributed by atoms with Crippen LogP contribution in [0.3, 0.4) is 0 Å². The molecule has 0 fully saturated rings. The summed E-state index contributed by atoms with van der Waals surface area (Å²) in [5.74, 6) is 0. The lowest BCUT2D eigenvalue weighted by Crippen LogP contribution is -2.12. The van der Waals surface area contributed by atoms with Crippen LogP contribution in [0.15, 0.2) is 30.5 Å². The molecular formula is C11H15N5O2S. The third-order valence-electron chi connectivity index (χ3n) is 2.49. The van der Waals surface area contributed by atoms with Gasteiger partial charge in [0.25, 0.3) is 0 Å². The minimum Gasteiger partial charge on any atom is -0.378 e. The summed E-state index contributed by atoms with van der Waals surface area (Å²) < 4.78 is 26.7. The Kier molecular flexibility index (Phi) is 3.70. The molecule has 7 nitrogen and oxygen atoms in total. The molecule has 102 valence electrons. The van der Waals surface area contributed by atoms with Crippen molar-refractivity contribution in [3.05, 3.63) is 36.2 Å². The topological polar surface area (TPSA) is 88.9 Å². The van der Waals surface area contributed by atoms with Gasteiger partial charge in [0.05, 0.1) is 36.1 Å². The highest BCUT2D eigenvalue weighted by Crippen LogP contribution is 2.22. The molecule has 0 saturated heterocycles. The monoisotopic (exact) mass is 281 g/mol. The molecule has 1 aromatic heterocycles. The fraction of sp³-hybridized carbons (Fsp3) is 0.273. The van der Waals surface area contributed by atoms with Crippen molar-refractivity contribution in [3.8, 4) is 0 Å². The van der Waals surface area contributed by atoms with Crippen LogP contribution in [0.2, 0.25) is 0 Å². The number of sulfonamides is 1. The van der Waals surface area contributed by atoms with Crippen LogP contribution in [-0.4, -0.2) is 29.7 Å². The Hall–Kier alpha value is -2.09. The smallest absolute Gasteiger partial charge is 0.229 e. The highest BCUT2D eigenvalue weighted by molar-refractivity contribution is 7.92. The summed E-state index contributed by atoms with van der Waals surface area (Å²) in [5, 5.41) is 10.8. The fourth-order valence-corrected chi connectivity index (χ4v) is 2.16. The highest BCUT2D eigenvalue weighted by Gasteiger charge is 2.07. The van der Waals surface area contributed by atoms with Crippen LogP contribution in [0, 0.1) is 0 Å². The number of para-hydroxylation sites is 2. The van der Waals surface area contributed by atoms with Crippen molar-refractivity contribution in [2.75, 3.05) is 16.3 Å². The molecule has 2 rings (SSSR count). The van der Waals surface area contributed by atoms with Crippen molar-refractivity contribution in [1.82, 2.24) is 15.0 Å². The van der Waals surface area contributed by atoms with Crippen LogP contribution in [0.4, 0.5) is 11.4 Å². The molecule has 0 unspecified atom stereocenters. The van der Waals surface area contributed by atoms with Gasteiger partial charge in [-0.25, -0.2) is 8.42 Å². The zero-order chi connectivity index (χ0) is 13.9. The average molecular weight is 281 g/mol. The number of nitrogens with one attached hydrogen (secondary N) is 2. The number of aryl methyl sites for hydroxylation is 1. The van der Waals surface area contributed by atoms with Crippen molar-refractivity contribution >= 4 is 21.4 Å². The summed E-state index contributed by atoms with van der Waals surface area (Å²) in [7, 11) is -1.50. The quantitative estimate of drug-likeness (QED) is 0.846. The van der Waals surface area contributed by atoms with Gasteiger partial charge in [0, 0.05) is 7.05 Å². The zero-order valence-electron chi connectivity index (χ0n) is 10.7. The first kappa shape index (κ1) is 13.3. The van der Waals surface area contributed by atoms with E-state index in [0.717, 1.165) is 11.9 Å². The van der Waals surface area contributed by atoms with Crippen LogP contribution in [0.25, 0.3) is 0 Å². The second-order valence-corrected chi connectivity index (χ2v) is 5.87. The lowest BCUT2D eigenvalue weighted by molar-refractivity contribution is 0.607. The molecule has 2 N–H and O–H groups in total. The summed E-state index contributed by atoms with van der Waals surface area (Å²) in [6, 6.07) is 7.10. The normalized spacial score (nSPS) is 11.3. The van der Waals surface area contributed by atoms with Gasteiger partial charge in [0.1, 0.15) is 0 Å². The van der Waals surface area contributed by atoms with E-state index in [1.165, 1.54) is 0 Å². The molecule has 0 spiro atoms. The van der Waals surface area contributed by atoms with Gasteiger partial charge in [-0.1, -0.05) is 17.3 Å². The Balaban J connectivity index is 2.14. The molecule has 0 saturated carbocycles. The van der Waals surface area contributed by atoms with E-state index < -0.39 is 10.0 Å². The summed E-state index contributed by atoms with van der Waals surface area (Å²) in [6.07, 6.45) is 2.77. The molecule has 0 bridgehead atoms. The fourth-order valence-electron chi connectivity index (χ4n) is 1.58. The Labute approximate surface area is 111 Å². The molecule has 19 heavy (non-hydrogen) atoms. The first-order valence-corrected chi connectivity index (χ1v) is 7.49. The number of hydrogen-bond donors (Lipinski definition) is 2. The number of aromatic nitrogens is 3. The lowest BCUT2D eigenvalue weighted by atomic mass is 10.2. The number of benzene rings is 1. The summed E-state index contributed by atoms with van der Waals surface area (Å²) in [4.78, 5) is 0. The molecule has 0 amide bonds. The molecule has 8 heteroatoms. The van der Waals surface area contributed by atoms with Gasteiger partial charge in [0.2, 0.25) is 10.0 Å². The van der Waals surface area contributed by atoms with Gasteiger partial charge in [-0.05, 0) is 12.1 Å². The van der Waals surface area contributed by atoms with Crippen LogP contribution >= 0.6 is 0 Å². The van der Waals surface area contributed by atoms with Gasteiger partial charge < -0.3 is 5.32 Å². The largest absolute Gasteiger partial charge is 0.378 e. The van der Waals surface area contributed by atoms with Crippen molar-refractivity contribution in [1.29, 1.82) is 0 Å². The first-order chi connectivity index (χ1) is 8.96. The molecule has 0 radical (unpaired) electrons. The molecule has 0 aliphatic rings. The summed E-state index contributed by atoms with van der Waals surface area (Å²) in [5.41, 5.74) is 2.11. The number of rotatable bonds is 5. The van der Waals surface area contributed by atoms with Crippen molar-refractivity contribution in [3.63, 3.8) is 0 Å². The van der Waals surface area contributed by atoms with Gasteiger partial charge >= 0.3 is 0 Å². The van der Waals surface area contributed by atoms with E-state index in [1.54, 1.807) is 36.1 Å². The SMILES string of the molecule is Cn1nncc1CNc1ccccc1NS(C)(=O)=O. The van der Waals surface area contributed by atoms with Crippen molar-refractivity contribution in [2.24, 2.45) is 7.05 Å². The van der Waals surface area contributed by atoms with Gasteiger partial charge in [-0.15, -0.1) is 5.10 Å². The second kappa shape index (κ2) is 5.27. The van der Waals surface area contributed by atoms with Gasteiger partial charge in [-0.2, -0.15) is 0 Å². The lowest BCUT2D eigenvalue weighted by Gasteiger charge is -2.12.